The number of nitrogens with zero attached hydrogens (tertiary/aromatic N) is 1. The molecule has 4 heteroatoms. The van der Waals surface area contributed by atoms with Crippen molar-refractivity contribution >= 4 is 23.6 Å². The smallest absolute Gasteiger partial charge is 0.143 e. The fourth-order valence-electron chi connectivity index (χ4n) is 5.71. The minimum absolute atomic E-state index is 0.657. The number of hydrogen-bond donors (Lipinski definition) is 0. The summed E-state index contributed by atoms with van der Waals surface area (Å²) in [6, 6.07) is 1.31. The lowest BCUT2D eigenvalue weighted by atomic mass is 10.3. The van der Waals surface area contributed by atoms with Gasteiger partial charge in [0.1, 0.15) is 18.0 Å². The van der Waals surface area contributed by atoms with Gasteiger partial charge in [-0.2, -0.15) is 4.67 Å². The summed E-state index contributed by atoms with van der Waals surface area (Å²) in [4.78, 5) is 1.01. The molecule has 136 valence electrons. The van der Waals surface area contributed by atoms with Gasteiger partial charge in [0.25, 0.3) is 0 Å². The number of allylic oxidation sites excluding steroid dienone is 2. The third-order valence-electron chi connectivity index (χ3n) is 5.21. The summed E-state index contributed by atoms with van der Waals surface area (Å²) in [5, 5.41) is 3.83. The minimum Gasteiger partial charge on any atom is -0.166 e. The molecule has 0 aromatic heterocycles. The SMILES string of the molecule is CCC1=C(CC)[P+]1(C([Si](C)(C)C)[Si](C)(C)C)N(C(C)C)C(C)C. The lowest BCUT2D eigenvalue weighted by Gasteiger charge is -2.46. The van der Waals surface area contributed by atoms with Gasteiger partial charge < -0.3 is 0 Å². The number of hydrogen-bond acceptors (Lipinski definition) is 1. The maximum absolute atomic E-state index is 3.01. The molecule has 0 unspecified atom stereocenters. The molecule has 0 fully saturated rings. The molecule has 0 aromatic rings. The summed E-state index contributed by atoms with van der Waals surface area (Å²) in [6.07, 6.45) is 2.58. The van der Waals surface area contributed by atoms with Crippen molar-refractivity contribution in [2.75, 3.05) is 0 Å². The van der Waals surface area contributed by atoms with Crippen LogP contribution in [-0.4, -0.2) is 37.8 Å². The van der Waals surface area contributed by atoms with Crippen LogP contribution in [0.5, 0.6) is 0 Å². The van der Waals surface area contributed by atoms with Crippen LogP contribution in [0.3, 0.4) is 0 Å². The summed E-state index contributed by atoms with van der Waals surface area (Å²) in [5.41, 5.74) is 0. The molecule has 1 aliphatic heterocycles. The Balaban J connectivity index is 3.61. The van der Waals surface area contributed by atoms with Crippen LogP contribution in [-0.2, 0) is 0 Å². The van der Waals surface area contributed by atoms with Gasteiger partial charge >= 0.3 is 0 Å². The van der Waals surface area contributed by atoms with Crippen LogP contribution in [0.2, 0.25) is 39.3 Å². The van der Waals surface area contributed by atoms with Gasteiger partial charge in [-0.15, -0.1) is 0 Å². The Bertz CT molecular complexity index is 419. The van der Waals surface area contributed by atoms with Gasteiger partial charge in [-0.1, -0.05) is 53.1 Å². The Labute approximate surface area is 149 Å². The molecule has 1 rings (SSSR count). The Morgan fingerprint density at radius 1 is 0.739 bits per heavy atom. The predicted molar refractivity (Wildman–Crippen MR) is 117 cm³/mol. The quantitative estimate of drug-likeness (QED) is 0.321. The maximum Gasteiger partial charge on any atom is 0.143 e. The van der Waals surface area contributed by atoms with Crippen molar-refractivity contribution in [3.8, 4) is 0 Å². The zero-order valence-corrected chi connectivity index (χ0v) is 20.9. The first kappa shape index (κ1) is 21.6. The van der Waals surface area contributed by atoms with Crippen molar-refractivity contribution in [2.24, 2.45) is 0 Å². The van der Waals surface area contributed by atoms with E-state index in [1.807, 2.05) is 10.6 Å². The first-order valence-electron chi connectivity index (χ1n) is 9.68. The van der Waals surface area contributed by atoms with E-state index < -0.39 is 23.6 Å². The minimum atomic E-state index is -1.24. The zero-order chi connectivity index (χ0) is 18.4. The Morgan fingerprint density at radius 2 is 1.04 bits per heavy atom. The fraction of sp³-hybridized carbons (Fsp3) is 0.895. The topological polar surface area (TPSA) is 3.24 Å². The summed E-state index contributed by atoms with van der Waals surface area (Å²) >= 11 is 0. The van der Waals surface area contributed by atoms with Crippen LogP contribution < -0.4 is 0 Å². The van der Waals surface area contributed by atoms with E-state index in [9.17, 15) is 0 Å². The molecule has 1 nitrogen and oxygen atoms in total. The fourth-order valence-corrected chi connectivity index (χ4v) is 32.9. The highest BCUT2D eigenvalue weighted by Gasteiger charge is 2.75. The standard InChI is InChI=1S/C19H43NPSi2/c1-13-17-18(14-2)21(17,20(15(3)4)16(5)6)19(22(7,8)9)23(10,11)12/h15-16,19H,13-14H2,1-12H3/q+1. The molecule has 0 aromatic carbocycles. The average Bonchev–Trinajstić information content (AvgIpc) is 2.90. The van der Waals surface area contributed by atoms with Crippen LogP contribution in [0, 0.1) is 0 Å². The van der Waals surface area contributed by atoms with Gasteiger partial charge in [-0.3, -0.25) is 0 Å². The van der Waals surface area contributed by atoms with Gasteiger partial charge in [0, 0.05) is 24.9 Å². The van der Waals surface area contributed by atoms with E-state index in [2.05, 4.69) is 85.5 Å². The molecule has 1 aliphatic rings. The molecule has 0 spiro atoms. The molecule has 0 atom stereocenters. The third-order valence-corrected chi connectivity index (χ3v) is 25.6. The second kappa shape index (κ2) is 7.06. The first-order valence-corrected chi connectivity index (χ1v) is 18.6. The molecular weight excluding hydrogens is 329 g/mol. The van der Waals surface area contributed by atoms with E-state index in [1.54, 1.807) is 0 Å². The van der Waals surface area contributed by atoms with Crippen molar-refractivity contribution in [3.63, 3.8) is 0 Å². The lowest BCUT2D eigenvalue weighted by molar-refractivity contribution is 0.321. The normalized spacial score (nSPS) is 18.8. The number of rotatable bonds is 8. The average molecular weight is 373 g/mol. The summed E-state index contributed by atoms with van der Waals surface area (Å²) in [7, 11) is -3.67. The van der Waals surface area contributed by atoms with E-state index in [0.717, 1.165) is 4.91 Å². The maximum atomic E-state index is 3.01. The third kappa shape index (κ3) is 3.73. The first-order chi connectivity index (χ1) is 10.3. The van der Waals surface area contributed by atoms with E-state index in [-0.39, 0.29) is 0 Å². The van der Waals surface area contributed by atoms with Gasteiger partial charge in [0.2, 0.25) is 0 Å². The monoisotopic (exact) mass is 372 g/mol. The molecule has 23 heavy (non-hydrogen) atoms. The van der Waals surface area contributed by atoms with Crippen molar-refractivity contribution in [1.29, 1.82) is 0 Å². The van der Waals surface area contributed by atoms with E-state index in [0.29, 0.717) is 12.1 Å². The van der Waals surface area contributed by atoms with Crippen molar-refractivity contribution in [3.05, 3.63) is 10.6 Å². The van der Waals surface area contributed by atoms with Crippen molar-refractivity contribution in [2.45, 2.75) is 111 Å². The molecule has 0 aliphatic carbocycles. The van der Waals surface area contributed by atoms with E-state index >= 15 is 0 Å². The molecule has 1 heterocycles. The Morgan fingerprint density at radius 3 is 1.22 bits per heavy atom. The molecular formula is C19H43NPSi2+. The van der Waals surface area contributed by atoms with Gasteiger partial charge in [0.15, 0.2) is 0 Å². The van der Waals surface area contributed by atoms with Crippen molar-refractivity contribution < 1.29 is 0 Å². The van der Waals surface area contributed by atoms with Crippen molar-refractivity contribution in [1.82, 2.24) is 4.67 Å². The second-order valence-electron chi connectivity index (χ2n) is 9.99. The lowest BCUT2D eigenvalue weighted by Crippen LogP contribution is -2.57. The molecule has 0 saturated carbocycles. The molecule has 0 bridgehead atoms. The van der Waals surface area contributed by atoms with E-state index in [1.165, 1.54) is 12.8 Å². The molecule has 0 saturated heterocycles. The highest BCUT2D eigenvalue weighted by molar-refractivity contribution is 7.92. The van der Waals surface area contributed by atoms with Crippen LogP contribution in [0.15, 0.2) is 10.6 Å². The summed E-state index contributed by atoms with van der Waals surface area (Å²) in [5.74, 6) is 0. The second-order valence-corrected chi connectivity index (χ2v) is 25.6. The molecule has 0 N–H and O–H groups in total. The molecule has 0 radical (unpaired) electrons. The highest BCUT2D eigenvalue weighted by atomic mass is 31.2. The Hall–Kier alpha value is 0.564. The van der Waals surface area contributed by atoms with Crippen LogP contribution >= 0.6 is 7.41 Å². The predicted octanol–water partition coefficient (Wildman–Crippen LogP) is 7.21. The van der Waals surface area contributed by atoms with Crippen LogP contribution in [0.4, 0.5) is 0 Å². The molecule has 0 amide bonds. The van der Waals surface area contributed by atoms with E-state index in [4.69, 9.17) is 0 Å². The van der Waals surface area contributed by atoms with Gasteiger partial charge in [-0.05, 0) is 27.7 Å². The van der Waals surface area contributed by atoms with Gasteiger partial charge in [0.05, 0.1) is 21.1 Å². The Kier molecular flexibility index (Phi) is 6.63. The van der Waals surface area contributed by atoms with Gasteiger partial charge in [-0.25, -0.2) is 0 Å². The summed E-state index contributed by atoms with van der Waals surface area (Å²) < 4.78 is 3.01. The highest BCUT2D eigenvalue weighted by Crippen LogP contribution is 2.94. The zero-order valence-electron chi connectivity index (χ0n) is 18.0. The summed E-state index contributed by atoms with van der Waals surface area (Å²) in [6.45, 7) is 30.5. The van der Waals surface area contributed by atoms with Crippen LogP contribution in [0.25, 0.3) is 0 Å². The largest absolute Gasteiger partial charge is 0.166 e. The van der Waals surface area contributed by atoms with Crippen LogP contribution in [0.1, 0.15) is 54.4 Å².